The summed E-state index contributed by atoms with van der Waals surface area (Å²) >= 11 is 0. The lowest BCUT2D eigenvalue weighted by Crippen LogP contribution is -2.36. The number of hydrogen-bond acceptors (Lipinski definition) is 3. The topological polar surface area (TPSA) is 43.7 Å². The second-order valence-electron chi connectivity index (χ2n) is 9.18. The monoisotopic (exact) mass is 451 g/mol. The SMILES string of the molecule is OB(O)c1cccc(N2c3ccccc3C3(c4ccccc4-c4ccccc43)c3ccccc32)c1. The van der Waals surface area contributed by atoms with E-state index in [1.165, 1.54) is 33.4 Å². The fourth-order valence-electron chi connectivity index (χ4n) is 6.16. The molecule has 5 aromatic rings. The number of anilines is 3. The maximum Gasteiger partial charge on any atom is 0.488 e. The van der Waals surface area contributed by atoms with Gasteiger partial charge in [-0.3, -0.25) is 0 Å². The first kappa shape index (κ1) is 20.3. The van der Waals surface area contributed by atoms with Crippen LogP contribution in [0, 0.1) is 0 Å². The second kappa shape index (κ2) is 7.44. The molecular formula is C31H22BNO2. The Balaban J connectivity index is 1.61. The first-order valence-corrected chi connectivity index (χ1v) is 11.9. The van der Waals surface area contributed by atoms with Crippen LogP contribution in [0.3, 0.4) is 0 Å². The van der Waals surface area contributed by atoms with Gasteiger partial charge in [-0.05, 0) is 63.1 Å². The number of benzene rings is 5. The summed E-state index contributed by atoms with van der Waals surface area (Å²) in [6, 6.07) is 42.2. The molecule has 0 fully saturated rings. The van der Waals surface area contributed by atoms with E-state index in [-0.39, 0.29) is 0 Å². The Morgan fingerprint density at radius 3 is 1.54 bits per heavy atom. The molecule has 7 rings (SSSR count). The van der Waals surface area contributed by atoms with Gasteiger partial charge < -0.3 is 14.9 Å². The van der Waals surface area contributed by atoms with Crippen LogP contribution in [-0.2, 0) is 5.41 Å². The van der Waals surface area contributed by atoms with Crippen LogP contribution in [0.4, 0.5) is 17.1 Å². The first-order valence-electron chi connectivity index (χ1n) is 11.9. The van der Waals surface area contributed by atoms with E-state index in [4.69, 9.17) is 0 Å². The quantitative estimate of drug-likeness (QED) is 0.341. The van der Waals surface area contributed by atoms with Crippen LogP contribution in [0.1, 0.15) is 22.3 Å². The molecule has 1 aliphatic heterocycles. The Kier molecular flexibility index (Phi) is 4.31. The standard InChI is InChI=1S/C31H22BNO2/c34-32(35)21-10-9-11-22(20-21)33-29-18-7-5-16-27(29)31(28-17-6-8-19-30(28)33)25-14-3-1-12-23(25)24-13-2-4-15-26(24)31/h1-20,34-35H. The third kappa shape index (κ3) is 2.64. The molecule has 1 heterocycles. The molecule has 0 amide bonds. The molecule has 5 aromatic carbocycles. The molecule has 1 aliphatic carbocycles. The Labute approximate surface area is 204 Å². The number of rotatable bonds is 2. The molecule has 0 atom stereocenters. The summed E-state index contributed by atoms with van der Waals surface area (Å²) in [5.41, 5.74) is 10.6. The minimum absolute atomic E-state index is 0.440. The number of para-hydroxylation sites is 2. The van der Waals surface area contributed by atoms with E-state index in [9.17, 15) is 10.0 Å². The molecule has 0 saturated heterocycles. The molecule has 2 aliphatic rings. The molecule has 3 nitrogen and oxygen atoms in total. The minimum Gasteiger partial charge on any atom is -0.423 e. The van der Waals surface area contributed by atoms with E-state index >= 15 is 0 Å². The van der Waals surface area contributed by atoms with Crippen molar-refractivity contribution in [3.05, 3.63) is 144 Å². The summed E-state index contributed by atoms with van der Waals surface area (Å²) in [4.78, 5) is 2.24. The molecule has 1 spiro atoms. The van der Waals surface area contributed by atoms with Gasteiger partial charge in [0.05, 0.1) is 16.8 Å². The molecule has 0 saturated carbocycles. The Bertz CT molecular complexity index is 1510. The smallest absolute Gasteiger partial charge is 0.423 e. The van der Waals surface area contributed by atoms with Gasteiger partial charge in [0, 0.05) is 5.69 Å². The largest absolute Gasteiger partial charge is 0.488 e. The van der Waals surface area contributed by atoms with Crippen molar-refractivity contribution in [3.63, 3.8) is 0 Å². The highest BCUT2D eigenvalue weighted by Gasteiger charge is 2.51. The van der Waals surface area contributed by atoms with Gasteiger partial charge in [0.2, 0.25) is 0 Å². The molecule has 166 valence electrons. The van der Waals surface area contributed by atoms with E-state index < -0.39 is 12.5 Å². The summed E-state index contributed by atoms with van der Waals surface area (Å²) in [5, 5.41) is 19.7. The van der Waals surface area contributed by atoms with Crippen LogP contribution in [0.5, 0.6) is 0 Å². The van der Waals surface area contributed by atoms with Crippen molar-refractivity contribution in [3.8, 4) is 11.1 Å². The van der Waals surface area contributed by atoms with Crippen molar-refractivity contribution in [1.82, 2.24) is 0 Å². The second-order valence-corrected chi connectivity index (χ2v) is 9.18. The van der Waals surface area contributed by atoms with Crippen molar-refractivity contribution in [1.29, 1.82) is 0 Å². The molecule has 4 heteroatoms. The molecular weight excluding hydrogens is 429 g/mol. The van der Waals surface area contributed by atoms with Gasteiger partial charge in [0.15, 0.2) is 0 Å². The lowest BCUT2D eigenvalue weighted by Gasteiger charge is -2.45. The highest BCUT2D eigenvalue weighted by molar-refractivity contribution is 6.58. The minimum atomic E-state index is -1.52. The van der Waals surface area contributed by atoms with Crippen molar-refractivity contribution in [2.75, 3.05) is 4.90 Å². The average Bonchev–Trinajstić information content (AvgIpc) is 3.20. The highest BCUT2D eigenvalue weighted by atomic mass is 16.4. The first-order chi connectivity index (χ1) is 17.2. The molecule has 0 bridgehead atoms. The number of hydrogen-bond donors (Lipinski definition) is 2. The van der Waals surface area contributed by atoms with Crippen molar-refractivity contribution in [2.24, 2.45) is 0 Å². The predicted molar refractivity (Wildman–Crippen MR) is 142 cm³/mol. The van der Waals surface area contributed by atoms with Crippen LogP contribution in [0.25, 0.3) is 11.1 Å². The third-order valence-corrected chi connectivity index (χ3v) is 7.48. The van der Waals surface area contributed by atoms with E-state index in [1.807, 2.05) is 18.2 Å². The summed E-state index contributed by atoms with van der Waals surface area (Å²) in [6.07, 6.45) is 0. The maximum absolute atomic E-state index is 9.86. The highest BCUT2D eigenvalue weighted by Crippen LogP contribution is 2.63. The molecule has 2 N–H and O–H groups in total. The van der Waals surface area contributed by atoms with Gasteiger partial charge in [-0.2, -0.15) is 0 Å². The zero-order valence-corrected chi connectivity index (χ0v) is 19.0. The van der Waals surface area contributed by atoms with Crippen LogP contribution < -0.4 is 10.4 Å². The summed E-state index contributed by atoms with van der Waals surface area (Å²) in [7, 11) is -1.52. The van der Waals surface area contributed by atoms with Crippen LogP contribution in [-0.4, -0.2) is 17.2 Å². The molecule has 0 unspecified atom stereocenters. The lowest BCUT2D eigenvalue weighted by atomic mass is 9.64. The Morgan fingerprint density at radius 2 is 1.00 bits per heavy atom. The summed E-state index contributed by atoms with van der Waals surface area (Å²) < 4.78 is 0. The van der Waals surface area contributed by atoms with E-state index in [0.717, 1.165) is 17.1 Å². The lowest BCUT2D eigenvalue weighted by molar-refractivity contribution is 0.426. The van der Waals surface area contributed by atoms with Crippen molar-refractivity contribution in [2.45, 2.75) is 5.41 Å². The van der Waals surface area contributed by atoms with Crippen LogP contribution >= 0.6 is 0 Å². The zero-order valence-electron chi connectivity index (χ0n) is 19.0. The third-order valence-electron chi connectivity index (χ3n) is 7.48. The van der Waals surface area contributed by atoms with Crippen LogP contribution in [0.2, 0.25) is 0 Å². The molecule has 0 aromatic heterocycles. The van der Waals surface area contributed by atoms with Gasteiger partial charge in [-0.25, -0.2) is 0 Å². The van der Waals surface area contributed by atoms with E-state index in [0.29, 0.717) is 5.46 Å². The normalized spacial score (nSPS) is 14.2. The predicted octanol–water partition coefficient (Wildman–Crippen LogP) is 5.51. The summed E-state index contributed by atoms with van der Waals surface area (Å²) in [6.45, 7) is 0. The Morgan fingerprint density at radius 1 is 0.514 bits per heavy atom. The fourth-order valence-corrected chi connectivity index (χ4v) is 6.16. The number of fused-ring (bicyclic) bond motifs is 9. The fraction of sp³-hybridized carbons (Fsp3) is 0.0323. The van der Waals surface area contributed by atoms with Gasteiger partial charge in [-0.1, -0.05) is 97.1 Å². The number of nitrogens with zero attached hydrogens (tertiary/aromatic N) is 1. The van der Waals surface area contributed by atoms with E-state index in [1.54, 1.807) is 6.07 Å². The summed E-state index contributed by atoms with van der Waals surface area (Å²) in [5.74, 6) is 0. The van der Waals surface area contributed by atoms with E-state index in [2.05, 4.69) is 102 Å². The van der Waals surface area contributed by atoms with Crippen molar-refractivity contribution < 1.29 is 10.0 Å². The van der Waals surface area contributed by atoms with Gasteiger partial charge in [0.25, 0.3) is 0 Å². The molecule has 0 radical (unpaired) electrons. The van der Waals surface area contributed by atoms with Gasteiger partial charge in [-0.15, -0.1) is 0 Å². The Hall–Kier alpha value is -4.12. The average molecular weight is 451 g/mol. The van der Waals surface area contributed by atoms with Gasteiger partial charge in [0.1, 0.15) is 0 Å². The van der Waals surface area contributed by atoms with Gasteiger partial charge >= 0.3 is 7.12 Å². The zero-order chi connectivity index (χ0) is 23.6. The van der Waals surface area contributed by atoms with Crippen molar-refractivity contribution >= 4 is 29.6 Å². The maximum atomic E-state index is 9.86. The molecule has 35 heavy (non-hydrogen) atoms. The van der Waals surface area contributed by atoms with Crippen LogP contribution in [0.15, 0.2) is 121 Å².